The minimum absolute atomic E-state index is 0.734. The van der Waals surface area contributed by atoms with Gasteiger partial charge in [-0.2, -0.15) is 0 Å². The van der Waals surface area contributed by atoms with Crippen LogP contribution >= 0.6 is 0 Å². The molecule has 0 radical (unpaired) electrons. The molecule has 0 saturated carbocycles. The summed E-state index contributed by atoms with van der Waals surface area (Å²) in [6, 6.07) is 14.9. The molecule has 0 aromatic heterocycles. The van der Waals surface area contributed by atoms with Gasteiger partial charge in [-0.15, -0.1) is 6.58 Å². The van der Waals surface area contributed by atoms with E-state index >= 15 is 0 Å². The first-order chi connectivity index (χ1) is 8.21. The second-order valence-corrected chi connectivity index (χ2v) is 7.72. The van der Waals surface area contributed by atoms with Gasteiger partial charge in [0.2, 0.25) is 8.32 Å². The van der Waals surface area contributed by atoms with Crippen LogP contribution < -0.4 is 5.19 Å². The normalized spacial score (nSPS) is 14.5. The van der Waals surface area contributed by atoms with Crippen LogP contribution in [0.5, 0.6) is 0 Å². The summed E-state index contributed by atoms with van der Waals surface area (Å²) >= 11 is 0. The van der Waals surface area contributed by atoms with Crippen molar-refractivity contribution in [1.82, 2.24) is 0 Å². The highest BCUT2D eigenvalue weighted by atomic mass is 28.4. The van der Waals surface area contributed by atoms with Gasteiger partial charge in [0.15, 0.2) is 0 Å². The lowest BCUT2D eigenvalue weighted by Crippen LogP contribution is -2.46. The molecule has 0 fully saturated rings. The third-order valence-electron chi connectivity index (χ3n) is 3.16. The molecule has 0 bridgehead atoms. The predicted molar refractivity (Wildman–Crippen MR) is 77.0 cm³/mol. The Bertz CT molecular complexity index is 530. The van der Waals surface area contributed by atoms with Crippen LogP contribution in [0.1, 0.15) is 6.92 Å². The lowest BCUT2D eigenvalue weighted by Gasteiger charge is -2.24. The fourth-order valence-corrected chi connectivity index (χ4v) is 4.49. The quantitative estimate of drug-likeness (QED) is 0.747. The Labute approximate surface area is 104 Å². The summed E-state index contributed by atoms with van der Waals surface area (Å²) in [6.07, 6.45) is 0. The number of benzene rings is 2. The number of hydrogen-bond acceptors (Lipinski definition) is 1. The summed E-state index contributed by atoms with van der Waals surface area (Å²) in [5, 5.41) is 3.87. The van der Waals surface area contributed by atoms with E-state index < -0.39 is 8.32 Å². The van der Waals surface area contributed by atoms with E-state index in [9.17, 15) is 0 Å². The van der Waals surface area contributed by atoms with Crippen LogP contribution in [-0.4, -0.2) is 14.9 Å². The molecule has 88 valence electrons. The van der Waals surface area contributed by atoms with Gasteiger partial charge in [-0.1, -0.05) is 48.2 Å². The Morgan fingerprint density at radius 1 is 1.18 bits per heavy atom. The van der Waals surface area contributed by atoms with Crippen LogP contribution in [0.15, 0.2) is 54.7 Å². The van der Waals surface area contributed by atoms with Crippen LogP contribution in [0.25, 0.3) is 10.8 Å². The molecule has 0 aliphatic rings. The van der Waals surface area contributed by atoms with Gasteiger partial charge in [-0.05, 0) is 29.4 Å². The van der Waals surface area contributed by atoms with Crippen molar-refractivity contribution >= 4 is 24.3 Å². The minimum Gasteiger partial charge on any atom is -0.409 e. The van der Waals surface area contributed by atoms with Crippen molar-refractivity contribution in [2.75, 3.05) is 6.61 Å². The van der Waals surface area contributed by atoms with Crippen molar-refractivity contribution in [2.45, 2.75) is 13.5 Å². The van der Waals surface area contributed by atoms with Gasteiger partial charge in [0, 0.05) is 6.61 Å². The van der Waals surface area contributed by atoms with Crippen LogP contribution in [0.2, 0.25) is 6.55 Å². The molecule has 17 heavy (non-hydrogen) atoms. The zero-order valence-corrected chi connectivity index (χ0v) is 11.4. The third kappa shape index (κ3) is 2.19. The lowest BCUT2D eigenvalue weighted by atomic mass is 10.1. The molecule has 2 rings (SSSR count). The van der Waals surface area contributed by atoms with E-state index in [1.54, 1.807) is 0 Å². The van der Waals surface area contributed by atoms with Crippen molar-refractivity contribution < 1.29 is 4.43 Å². The minimum atomic E-state index is -2.00. The second-order valence-electron chi connectivity index (χ2n) is 4.27. The molecule has 1 unspecified atom stereocenters. The first-order valence-corrected chi connectivity index (χ1v) is 8.45. The maximum atomic E-state index is 5.99. The third-order valence-corrected chi connectivity index (χ3v) is 6.33. The molecular weight excluding hydrogens is 224 g/mol. The molecule has 2 heteroatoms. The van der Waals surface area contributed by atoms with Crippen molar-refractivity contribution in [3.63, 3.8) is 0 Å². The zero-order valence-electron chi connectivity index (χ0n) is 10.4. The van der Waals surface area contributed by atoms with E-state index in [1.165, 1.54) is 16.0 Å². The summed E-state index contributed by atoms with van der Waals surface area (Å²) in [6.45, 7) is 8.95. The molecule has 0 aliphatic heterocycles. The number of rotatable bonds is 4. The van der Waals surface area contributed by atoms with Gasteiger partial charge in [0.1, 0.15) is 0 Å². The van der Waals surface area contributed by atoms with Crippen molar-refractivity contribution in [2.24, 2.45) is 0 Å². The molecule has 2 aromatic carbocycles. The molecular formula is C15H18OSi. The fraction of sp³-hybridized carbons (Fsp3) is 0.200. The Morgan fingerprint density at radius 2 is 1.88 bits per heavy atom. The molecule has 0 spiro atoms. The topological polar surface area (TPSA) is 9.23 Å². The predicted octanol–water partition coefficient (Wildman–Crippen LogP) is 3.38. The first kappa shape index (κ1) is 12.1. The molecule has 1 atom stereocenters. The number of fused-ring (bicyclic) bond motifs is 1. The van der Waals surface area contributed by atoms with Crippen molar-refractivity contribution in [1.29, 1.82) is 0 Å². The van der Waals surface area contributed by atoms with E-state index in [4.69, 9.17) is 4.43 Å². The van der Waals surface area contributed by atoms with E-state index in [1.807, 2.05) is 12.6 Å². The molecule has 2 aromatic rings. The van der Waals surface area contributed by atoms with E-state index in [0.29, 0.717) is 0 Å². The van der Waals surface area contributed by atoms with Gasteiger partial charge in [-0.25, -0.2) is 0 Å². The average molecular weight is 242 g/mol. The standard InChI is InChI=1S/C15H18OSi/c1-4-16-17(3,5-2)15-12-8-10-13-9-6-7-11-14(13)15/h5-12H,2,4H2,1,3H3. The maximum absolute atomic E-state index is 5.99. The Kier molecular flexibility index (Phi) is 3.45. The fourth-order valence-electron chi connectivity index (χ4n) is 2.20. The summed E-state index contributed by atoms with van der Waals surface area (Å²) in [5.41, 5.74) is 2.01. The molecule has 1 nitrogen and oxygen atoms in total. The Morgan fingerprint density at radius 3 is 2.59 bits per heavy atom. The number of hydrogen-bond donors (Lipinski definition) is 0. The summed E-state index contributed by atoms with van der Waals surface area (Å²) in [4.78, 5) is 0. The van der Waals surface area contributed by atoms with Crippen LogP contribution in [0, 0.1) is 0 Å². The SMILES string of the molecule is C=C[Si](C)(OCC)c1cccc2ccccc12. The molecule has 0 aliphatic carbocycles. The van der Waals surface area contributed by atoms with Crippen LogP contribution in [0.4, 0.5) is 0 Å². The largest absolute Gasteiger partial charge is 0.409 e. The van der Waals surface area contributed by atoms with Gasteiger partial charge in [0.25, 0.3) is 0 Å². The van der Waals surface area contributed by atoms with Gasteiger partial charge in [-0.3, -0.25) is 0 Å². The van der Waals surface area contributed by atoms with E-state index in [0.717, 1.165) is 6.61 Å². The van der Waals surface area contributed by atoms with Crippen LogP contribution in [0.3, 0.4) is 0 Å². The molecule has 0 heterocycles. The average Bonchev–Trinajstić information content (AvgIpc) is 2.38. The van der Waals surface area contributed by atoms with E-state index in [-0.39, 0.29) is 0 Å². The Hall–Kier alpha value is -1.38. The van der Waals surface area contributed by atoms with Gasteiger partial charge in [0.05, 0.1) is 0 Å². The summed E-state index contributed by atoms with van der Waals surface area (Å²) in [7, 11) is -2.00. The highest BCUT2D eigenvalue weighted by Gasteiger charge is 2.28. The van der Waals surface area contributed by atoms with E-state index in [2.05, 4.69) is 55.6 Å². The Balaban J connectivity index is 2.65. The highest BCUT2D eigenvalue weighted by molar-refractivity contribution is 6.91. The van der Waals surface area contributed by atoms with Gasteiger partial charge < -0.3 is 4.43 Å². The summed E-state index contributed by atoms with van der Waals surface area (Å²) < 4.78 is 5.99. The van der Waals surface area contributed by atoms with Gasteiger partial charge >= 0.3 is 0 Å². The zero-order chi connectivity index (χ0) is 12.3. The lowest BCUT2D eigenvalue weighted by molar-refractivity contribution is 0.343. The highest BCUT2D eigenvalue weighted by Crippen LogP contribution is 2.17. The smallest absolute Gasteiger partial charge is 0.245 e. The molecule has 0 amide bonds. The first-order valence-electron chi connectivity index (χ1n) is 5.97. The molecule has 0 saturated heterocycles. The van der Waals surface area contributed by atoms with Crippen molar-refractivity contribution in [3.05, 3.63) is 54.7 Å². The van der Waals surface area contributed by atoms with Crippen LogP contribution in [-0.2, 0) is 4.43 Å². The second kappa shape index (κ2) is 4.86. The molecule has 0 N–H and O–H groups in total. The monoisotopic (exact) mass is 242 g/mol. The summed E-state index contributed by atoms with van der Waals surface area (Å²) in [5.74, 6) is 0. The van der Waals surface area contributed by atoms with Crippen molar-refractivity contribution in [3.8, 4) is 0 Å². The maximum Gasteiger partial charge on any atom is 0.245 e.